The number of para-hydroxylation sites is 1. The predicted molar refractivity (Wildman–Crippen MR) is 106 cm³/mol. The van der Waals surface area contributed by atoms with Gasteiger partial charge in [0, 0.05) is 21.3 Å². The van der Waals surface area contributed by atoms with Crippen molar-refractivity contribution in [2.75, 3.05) is 4.72 Å². The van der Waals surface area contributed by atoms with Crippen LogP contribution >= 0.6 is 15.9 Å². The molecule has 132 valence electrons. The van der Waals surface area contributed by atoms with Gasteiger partial charge in [0.05, 0.1) is 4.90 Å². The highest BCUT2D eigenvalue weighted by atomic mass is 79.9. The molecule has 0 saturated heterocycles. The number of nitrogens with one attached hydrogen (secondary N) is 1. The molecule has 3 rings (SSSR count). The van der Waals surface area contributed by atoms with E-state index in [-0.39, 0.29) is 10.7 Å². The van der Waals surface area contributed by atoms with Gasteiger partial charge in [0.1, 0.15) is 0 Å². The summed E-state index contributed by atoms with van der Waals surface area (Å²) in [6.45, 7) is 1.70. The molecular weight excluding hydrogens is 414 g/mol. The molecule has 0 radical (unpaired) electrons. The third-order valence-corrected chi connectivity index (χ3v) is 5.92. The molecule has 0 aromatic heterocycles. The minimum absolute atomic E-state index is 0.0873. The minimum atomic E-state index is -3.80. The van der Waals surface area contributed by atoms with Crippen molar-refractivity contribution in [2.24, 2.45) is 0 Å². The van der Waals surface area contributed by atoms with Gasteiger partial charge in [-0.3, -0.25) is 9.52 Å². The van der Waals surface area contributed by atoms with Crippen LogP contribution in [0.2, 0.25) is 0 Å². The van der Waals surface area contributed by atoms with Crippen LogP contribution in [0.5, 0.6) is 0 Å². The van der Waals surface area contributed by atoms with Crippen LogP contribution in [0.25, 0.3) is 0 Å². The molecule has 0 aliphatic carbocycles. The van der Waals surface area contributed by atoms with E-state index < -0.39 is 10.0 Å². The number of hydrogen-bond donors (Lipinski definition) is 1. The molecular formula is C20H16BrNO3S. The fraction of sp³-hybridized carbons (Fsp3) is 0.0500. The SMILES string of the molecule is Cc1ccc(C(=O)c2ccc(Br)cc2)cc1S(=O)(=O)Nc1ccccc1. The van der Waals surface area contributed by atoms with Gasteiger partial charge in [-0.15, -0.1) is 0 Å². The minimum Gasteiger partial charge on any atom is -0.289 e. The van der Waals surface area contributed by atoms with E-state index in [2.05, 4.69) is 20.7 Å². The van der Waals surface area contributed by atoms with Crippen LogP contribution in [0.3, 0.4) is 0 Å². The molecule has 6 heteroatoms. The predicted octanol–water partition coefficient (Wildman–Crippen LogP) is 4.79. The number of hydrogen-bond acceptors (Lipinski definition) is 3. The Kier molecular flexibility index (Phi) is 5.25. The van der Waals surface area contributed by atoms with Gasteiger partial charge >= 0.3 is 0 Å². The Labute approximate surface area is 161 Å². The van der Waals surface area contributed by atoms with Crippen LogP contribution in [0, 0.1) is 6.92 Å². The molecule has 0 bridgehead atoms. The van der Waals surface area contributed by atoms with E-state index in [1.807, 2.05) is 0 Å². The lowest BCUT2D eigenvalue weighted by Crippen LogP contribution is -2.15. The normalized spacial score (nSPS) is 11.2. The van der Waals surface area contributed by atoms with E-state index >= 15 is 0 Å². The number of aryl methyl sites for hydroxylation is 1. The van der Waals surface area contributed by atoms with Crippen LogP contribution < -0.4 is 4.72 Å². The topological polar surface area (TPSA) is 63.2 Å². The maximum Gasteiger partial charge on any atom is 0.262 e. The largest absolute Gasteiger partial charge is 0.289 e. The summed E-state index contributed by atoms with van der Waals surface area (Å²) in [7, 11) is -3.80. The Morgan fingerprint density at radius 3 is 2.15 bits per heavy atom. The smallest absolute Gasteiger partial charge is 0.262 e. The number of rotatable bonds is 5. The van der Waals surface area contributed by atoms with Crippen molar-refractivity contribution >= 4 is 37.4 Å². The highest BCUT2D eigenvalue weighted by Crippen LogP contribution is 2.22. The van der Waals surface area contributed by atoms with Crippen molar-refractivity contribution in [3.63, 3.8) is 0 Å². The molecule has 0 aliphatic heterocycles. The number of sulfonamides is 1. The number of ketones is 1. The van der Waals surface area contributed by atoms with E-state index in [0.29, 0.717) is 22.4 Å². The third kappa shape index (κ3) is 4.03. The summed E-state index contributed by atoms with van der Waals surface area (Å²) in [4.78, 5) is 12.8. The van der Waals surface area contributed by atoms with Crippen LogP contribution in [0.1, 0.15) is 21.5 Å². The summed E-state index contributed by atoms with van der Waals surface area (Å²) in [5, 5.41) is 0. The molecule has 3 aromatic rings. The highest BCUT2D eigenvalue weighted by Gasteiger charge is 2.20. The lowest BCUT2D eigenvalue weighted by Gasteiger charge is -2.12. The molecule has 0 atom stereocenters. The van der Waals surface area contributed by atoms with E-state index in [4.69, 9.17) is 0 Å². The van der Waals surface area contributed by atoms with Crippen molar-refractivity contribution in [1.29, 1.82) is 0 Å². The first-order chi connectivity index (χ1) is 12.4. The van der Waals surface area contributed by atoms with Gasteiger partial charge in [0.15, 0.2) is 5.78 Å². The summed E-state index contributed by atoms with van der Waals surface area (Å²) in [5.41, 5.74) is 1.86. The average molecular weight is 430 g/mol. The zero-order valence-electron chi connectivity index (χ0n) is 13.9. The van der Waals surface area contributed by atoms with Gasteiger partial charge in [-0.05, 0) is 55.0 Å². The molecule has 1 N–H and O–H groups in total. The zero-order chi connectivity index (χ0) is 18.7. The van der Waals surface area contributed by atoms with Gasteiger partial charge in [0.2, 0.25) is 0 Å². The number of carbonyl (C=O) groups is 1. The number of anilines is 1. The molecule has 0 spiro atoms. The summed E-state index contributed by atoms with van der Waals surface area (Å²) in [6.07, 6.45) is 0. The van der Waals surface area contributed by atoms with Gasteiger partial charge in [0.25, 0.3) is 10.0 Å². The first-order valence-corrected chi connectivity index (χ1v) is 10.1. The highest BCUT2D eigenvalue weighted by molar-refractivity contribution is 9.10. The Balaban J connectivity index is 1.97. The van der Waals surface area contributed by atoms with E-state index in [1.165, 1.54) is 6.07 Å². The molecule has 3 aromatic carbocycles. The average Bonchev–Trinajstić information content (AvgIpc) is 2.62. The standard InChI is InChI=1S/C20H16BrNO3S/c1-14-7-8-16(20(23)15-9-11-17(21)12-10-15)13-19(14)26(24,25)22-18-5-3-2-4-6-18/h2-13,22H,1H3. The quantitative estimate of drug-likeness (QED) is 0.592. The first kappa shape index (κ1) is 18.4. The van der Waals surface area contributed by atoms with Gasteiger partial charge in [-0.25, -0.2) is 8.42 Å². The van der Waals surface area contributed by atoms with Crippen LogP contribution in [0.15, 0.2) is 82.2 Å². The maximum atomic E-state index is 12.7. The Bertz CT molecular complexity index is 1050. The van der Waals surface area contributed by atoms with Crippen LogP contribution in [0.4, 0.5) is 5.69 Å². The van der Waals surface area contributed by atoms with Crippen LogP contribution in [-0.2, 0) is 10.0 Å². The lowest BCUT2D eigenvalue weighted by molar-refractivity contribution is 0.103. The Hall–Kier alpha value is -2.44. The molecule has 0 unspecified atom stereocenters. The molecule has 26 heavy (non-hydrogen) atoms. The van der Waals surface area contributed by atoms with Crippen molar-refractivity contribution in [3.05, 3.63) is 94.0 Å². The fourth-order valence-corrected chi connectivity index (χ4v) is 4.11. The second kappa shape index (κ2) is 7.43. The molecule has 0 fully saturated rings. The van der Waals surface area contributed by atoms with E-state index in [1.54, 1.807) is 73.7 Å². The number of halogens is 1. The van der Waals surface area contributed by atoms with Gasteiger partial charge in [-0.2, -0.15) is 0 Å². The number of benzene rings is 3. The van der Waals surface area contributed by atoms with E-state index in [9.17, 15) is 13.2 Å². The summed E-state index contributed by atoms with van der Waals surface area (Å²) < 4.78 is 28.9. The summed E-state index contributed by atoms with van der Waals surface area (Å²) in [5.74, 6) is -0.228. The van der Waals surface area contributed by atoms with Gasteiger partial charge in [-0.1, -0.05) is 46.3 Å². The Morgan fingerprint density at radius 2 is 1.50 bits per heavy atom. The van der Waals surface area contributed by atoms with Crippen molar-refractivity contribution < 1.29 is 13.2 Å². The van der Waals surface area contributed by atoms with Crippen LogP contribution in [-0.4, -0.2) is 14.2 Å². The van der Waals surface area contributed by atoms with Crippen molar-refractivity contribution in [1.82, 2.24) is 0 Å². The first-order valence-electron chi connectivity index (χ1n) is 7.85. The molecule has 0 aliphatic rings. The lowest BCUT2D eigenvalue weighted by atomic mass is 10.0. The molecule has 0 amide bonds. The maximum absolute atomic E-state index is 12.7. The summed E-state index contributed by atoms with van der Waals surface area (Å²) >= 11 is 3.33. The zero-order valence-corrected chi connectivity index (χ0v) is 16.3. The van der Waals surface area contributed by atoms with Gasteiger partial charge < -0.3 is 0 Å². The molecule has 0 saturated carbocycles. The monoisotopic (exact) mass is 429 g/mol. The summed E-state index contributed by atoms with van der Waals surface area (Å²) in [6, 6.07) is 20.3. The van der Waals surface area contributed by atoms with E-state index in [0.717, 1.165) is 4.47 Å². The molecule has 0 heterocycles. The second-order valence-corrected chi connectivity index (χ2v) is 8.35. The second-order valence-electron chi connectivity index (χ2n) is 5.79. The Morgan fingerprint density at radius 1 is 0.885 bits per heavy atom. The third-order valence-electron chi connectivity index (χ3n) is 3.87. The van der Waals surface area contributed by atoms with Crippen molar-refractivity contribution in [2.45, 2.75) is 11.8 Å². The fourth-order valence-electron chi connectivity index (χ4n) is 2.52. The number of carbonyl (C=O) groups excluding carboxylic acids is 1. The molecule has 4 nitrogen and oxygen atoms in total. The van der Waals surface area contributed by atoms with Crippen molar-refractivity contribution in [3.8, 4) is 0 Å².